The predicted octanol–water partition coefficient (Wildman–Crippen LogP) is 2.91. The molecular weight excluding hydrogens is 366 g/mol. The highest BCUT2D eigenvalue weighted by atomic mass is 16.5. The molecule has 0 aliphatic rings. The Labute approximate surface area is 163 Å². The third-order valence-corrected chi connectivity index (χ3v) is 3.72. The van der Waals surface area contributed by atoms with Crippen molar-refractivity contribution in [1.29, 1.82) is 0 Å². The Hall–Kier alpha value is -3.42. The van der Waals surface area contributed by atoms with Crippen LogP contribution in [0.1, 0.15) is 17.3 Å². The summed E-state index contributed by atoms with van der Waals surface area (Å²) < 4.78 is 26.2. The first-order chi connectivity index (χ1) is 13.5. The number of carbonyl (C=O) groups is 2. The van der Waals surface area contributed by atoms with Gasteiger partial charge in [0.05, 0.1) is 33.6 Å². The normalized spacial score (nSPS) is 10.0. The van der Waals surface area contributed by atoms with Crippen LogP contribution in [0.25, 0.3) is 0 Å². The minimum atomic E-state index is -0.731. The highest BCUT2D eigenvalue weighted by molar-refractivity contribution is 5.98. The average Bonchev–Trinajstić information content (AvgIpc) is 2.72. The van der Waals surface area contributed by atoms with Crippen LogP contribution in [0.5, 0.6) is 23.0 Å². The number of rotatable bonds is 9. The number of anilines is 1. The van der Waals surface area contributed by atoms with Crippen LogP contribution in [-0.4, -0.2) is 46.4 Å². The summed E-state index contributed by atoms with van der Waals surface area (Å²) in [5.74, 6) is 0.127. The molecule has 0 saturated heterocycles. The third kappa shape index (κ3) is 4.85. The van der Waals surface area contributed by atoms with Gasteiger partial charge in [0.1, 0.15) is 11.3 Å². The van der Waals surface area contributed by atoms with Crippen molar-refractivity contribution in [3.63, 3.8) is 0 Å². The molecule has 0 spiro atoms. The number of esters is 1. The molecule has 0 atom stereocenters. The van der Waals surface area contributed by atoms with Gasteiger partial charge in [0.25, 0.3) is 5.91 Å². The molecule has 2 aromatic carbocycles. The van der Waals surface area contributed by atoms with Crippen molar-refractivity contribution in [3.05, 3.63) is 42.0 Å². The fourth-order valence-corrected chi connectivity index (χ4v) is 2.51. The summed E-state index contributed by atoms with van der Waals surface area (Å²) in [6.45, 7) is 1.83. The fourth-order valence-electron chi connectivity index (χ4n) is 2.51. The number of hydrogen-bond acceptors (Lipinski definition) is 7. The van der Waals surface area contributed by atoms with Gasteiger partial charge in [0.15, 0.2) is 18.1 Å². The van der Waals surface area contributed by atoms with Gasteiger partial charge < -0.3 is 29.0 Å². The van der Waals surface area contributed by atoms with E-state index in [2.05, 4.69) is 5.32 Å². The summed E-state index contributed by atoms with van der Waals surface area (Å²) in [6.07, 6.45) is 0. The summed E-state index contributed by atoms with van der Waals surface area (Å²) >= 11 is 0. The van der Waals surface area contributed by atoms with Crippen LogP contribution in [0.2, 0.25) is 0 Å². The Bertz CT molecular complexity index is 835. The second kappa shape index (κ2) is 10.1. The zero-order valence-corrected chi connectivity index (χ0v) is 16.2. The van der Waals surface area contributed by atoms with Crippen LogP contribution >= 0.6 is 0 Å². The zero-order chi connectivity index (χ0) is 20.5. The molecule has 2 aromatic rings. The number of amides is 1. The Balaban J connectivity index is 2.07. The number of nitrogens with one attached hydrogen (secondary N) is 1. The van der Waals surface area contributed by atoms with Crippen molar-refractivity contribution in [2.75, 3.05) is 39.9 Å². The van der Waals surface area contributed by atoms with Crippen molar-refractivity contribution in [3.8, 4) is 23.0 Å². The average molecular weight is 389 g/mol. The lowest BCUT2D eigenvalue weighted by Crippen LogP contribution is -2.21. The highest BCUT2D eigenvalue weighted by Gasteiger charge is 2.22. The van der Waals surface area contributed by atoms with Gasteiger partial charge in [-0.1, -0.05) is 12.1 Å². The number of benzene rings is 2. The highest BCUT2D eigenvalue weighted by Crippen LogP contribution is 2.39. The molecule has 1 amide bonds. The van der Waals surface area contributed by atoms with E-state index in [4.69, 9.17) is 23.7 Å². The molecule has 0 aliphatic heterocycles. The first-order valence-corrected chi connectivity index (χ1v) is 8.53. The predicted molar refractivity (Wildman–Crippen MR) is 103 cm³/mol. The van der Waals surface area contributed by atoms with E-state index in [1.807, 2.05) is 6.92 Å². The lowest BCUT2D eigenvalue weighted by Gasteiger charge is -2.15. The largest absolute Gasteiger partial charge is 0.493 e. The molecule has 8 nitrogen and oxygen atoms in total. The minimum absolute atomic E-state index is 0.114. The molecule has 0 bridgehead atoms. The lowest BCUT2D eigenvalue weighted by molar-refractivity contribution is -0.119. The van der Waals surface area contributed by atoms with Crippen LogP contribution < -0.4 is 24.3 Å². The summed E-state index contributed by atoms with van der Waals surface area (Å²) in [6, 6.07) is 10.0. The monoisotopic (exact) mass is 389 g/mol. The summed E-state index contributed by atoms with van der Waals surface area (Å²) in [4.78, 5) is 24.6. The Morgan fingerprint density at radius 3 is 2.25 bits per heavy atom. The molecular formula is C20H23NO7. The van der Waals surface area contributed by atoms with E-state index in [1.54, 1.807) is 30.3 Å². The quantitative estimate of drug-likeness (QED) is 0.659. The number of ether oxygens (including phenoxy) is 5. The van der Waals surface area contributed by atoms with Crippen LogP contribution in [0.3, 0.4) is 0 Å². The maximum atomic E-state index is 12.4. The summed E-state index contributed by atoms with van der Waals surface area (Å²) in [5.41, 5.74) is 0.608. The maximum absolute atomic E-state index is 12.4. The number of para-hydroxylation sites is 2. The molecule has 0 aromatic heterocycles. The number of methoxy groups -OCH3 is 3. The topological polar surface area (TPSA) is 92.3 Å². The van der Waals surface area contributed by atoms with E-state index in [9.17, 15) is 9.59 Å². The van der Waals surface area contributed by atoms with E-state index < -0.39 is 18.5 Å². The first kappa shape index (κ1) is 20.9. The minimum Gasteiger partial charge on any atom is -0.493 e. The van der Waals surface area contributed by atoms with Crippen molar-refractivity contribution in [2.24, 2.45) is 0 Å². The van der Waals surface area contributed by atoms with Crippen molar-refractivity contribution in [2.45, 2.75) is 6.92 Å². The van der Waals surface area contributed by atoms with Crippen LogP contribution in [0, 0.1) is 0 Å². The first-order valence-electron chi connectivity index (χ1n) is 8.53. The lowest BCUT2D eigenvalue weighted by atomic mass is 10.1. The molecule has 0 radical (unpaired) electrons. The molecule has 0 aliphatic carbocycles. The van der Waals surface area contributed by atoms with Gasteiger partial charge in [0.2, 0.25) is 5.75 Å². The molecule has 8 heteroatoms. The number of hydrogen-bond donors (Lipinski definition) is 1. The van der Waals surface area contributed by atoms with Gasteiger partial charge in [-0.2, -0.15) is 0 Å². The summed E-state index contributed by atoms with van der Waals surface area (Å²) in [5, 5.41) is 2.65. The van der Waals surface area contributed by atoms with Crippen molar-refractivity contribution < 1.29 is 33.3 Å². The fraction of sp³-hybridized carbons (Fsp3) is 0.300. The second-order valence-corrected chi connectivity index (χ2v) is 5.44. The van der Waals surface area contributed by atoms with Gasteiger partial charge in [-0.3, -0.25) is 4.79 Å². The van der Waals surface area contributed by atoms with Gasteiger partial charge in [-0.25, -0.2) is 4.79 Å². The standard InChI is InChI=1S/C20H23NO7/c1-5-27-15-9-7-6-8-14(15)21-17(22)12-28-20(23)13-10-11-16(24-2)19(26-4)18(13)25-3/h6-11H,5,12H2,1-4H3,(H,21,22). The smallest absolute Gasteiger partial charge is 0.342 e. The van der Waals surface area contributed by atoms with E-state index in [-0.39, 0.29) is 17.1 Å². The Kier molecular flexibility index (Phi) is 7.50. The molecule has 0 saturated carbocycles. The van der Waals surface area contributed by atoms with E-state index in [1.165, 1.54) is 27.4 Å². The Morgan fingerprint density at radius 1 is 0.893 bits per heavy atom. The van der Waals surface area contributed by atoms with E-state index >= 15 is 0 Å². The molecule has 1 N–H and O–H groups in total. The van der Waals surface area contributed by atoms with Crippen LogP contribution in [-0.2, 0) is 9.53 Å². The molecule has 2 rings (SSSR count). The van der Waals surface area contributed by atoms with Crippen LogP contribution in [0.4, 0.5) is 5.69 Å². The van der Waals surface area contributed by atoms with Gasteiger partial charge >= 0.3 is 5.97 Å². The van der Waals surface area contributed by atoms with Gasteiger partial charge in [-0.05, 0) is 31.2 Å². The van der Waals surface area contributed by atoms with Crippen LogP contribution in [0.15, 0.2) is 36.4 Å². The number of carbonyl (C=O) groups excluding carboxylic acids is 2. The van der Waals surface area contributed by atoms with E-state index in [0.29, 0.717) is 23.8 Å². The molecule has 28 heavy (non-hydrogen) atoms. The molecule has 150 valence electrons. The third-order valence-electron chi connectivity index (χ3n) is 3.72. The second-order valence-electron chi connectivity index (χ2n) is 5.44. The Morgan fingerprint density at radius 2 is 1.61 bits per heavy atom. The maximum Gasteiger partial charge on any atom is 0.342 e. The molecule has 0 fully saturated rings. The van der Waals surface area contributed by atoms with Gasteiger partial charge in [0, 0.05) is 0 Å². The SMILES string of the molecule is CCOc1ccccc1NC(=O)COC(=O)c1ccc(OC)c(OC)c1OC. The van der Waals surface area contributed by atoms with Crippen molar-refractivity contribution >= 4 is 17.6 Å². The summed E-state index contributed by atoms with van der Waals surface area (Å²) in [7, 11) is 4.30. The van der Waals surface area contributed by atoms with Gasteiger partial charge in [-0.15, -0.1) is 0 Å². The van der Waals surface area contributed by atoms with Crippen molar-refractivity contribution in [1.82, 2.24) is 0 Å². The molecule has 0 heterocycles. The molecule has 0 unspecified atom stereocenters. The van der Waals surface area contributed by atoms with E-state index in [0.717, 1.165) is 0 Å². The zero-order valence-electron chi connectivity index (χ0n) is 16.2.